The van der Waals surface area contributed by atoms with Gasteiger partial charge in [0.25, 0.3) is 0 Å². The molecule has 4 rings (SSSR count). The third-order valence-corrected chi connectivity index (χ3v) is 4.98. The molecule has 3 aromatic rings. The Kier molecular flexibility index (Phi) is 5.20. The number of pyridine rings is 1. The summed E-state index contributed by atoms with van der Waals surface area (Å²) in [6.45, 7) is 4.50. The molecule has 1 aromatic carbocycles. The largest absolute Gasteiger partial charge is 0.361 e. The Morgan fingerprint density at radius 3 is 3.04 bits per heavy atom. The standard InChI is InChI=1S/C22H20FN3O2/c1-2-16-17-7-9-26-19(17)12-18(23)21(16)22(28-20-5-3-4-10-27-20)14-6-8-25-15(11-14)13-24/h2,6-9,11-12,20,22,26H,1,3-5,10H2. The smallest absolute Gasteiger partial charge is 0.158 e. The van der Waals surface area contributed by atoms with Crippen LogP contribution < -0.4 is 0 Å². The minimum atomic E-state index is -0.745. The summed E-state index contributed by atoms with van der Waals surface area (Å²) in [4.78, 5) is 7.05. The summed E-state index contributed by atoms with van der Waals surface area (Å²) in [6, 6.07) is 8.74. The van der Waals surface area contributed by atoms with E-state index in [0.29, 0.717) is 28.8 Å². The van der Waals surface area contributed by atoms with Gasteiger partial charge in [0.05, 0.1) is 0 Å². The number of ether oxygens (including phenoxy) is 2. The highest BCUT2D eigenvalue weighted by Gasteiger charge is 2.28. The molecule has 0 saturated carbocycles. The fraction of sp³-hybridized carbons (Fsp3) is 0.273. The third kappa shape index (κ3) is 3.42. The van der Waals surface area contributed by atoms with Crippen LogP contribution in [0.2, 0.25) is 0 Å². The molecule has 2 aromatic heterocycles. The summed E-state index contributed by atoms with van der Waals surface area (Å²) in [5.41, 5.74) is 2.63. The first-order valence-corrected chi connectivity index (χ1v) is 9.26. The normalized spacial score (nSPS) is 17.9. The number of halogens is 1. The SMILES string of the molecule is C=Cc1c(C(OC2CCCCO2)c2ccnc(C#N)c2)c(F)cc2[nH]ccc12. The van der Waals surface area contributed by atoms with Gasteiger partial charge in [0.15, 0.2) is 6.29 Å². The molecule has 142 valence electrons. The van der Waals surface area contributed by atoms with E-state index in [1.54, 1.807) is 24.4 Å². The number of benzene rings is 1. The van der Waals surface area contributed by atoms with Crippen LogP contribution >= 0.6 is 0 Å². The molecule has 5 nitrogen and oxygen atoms in total. The summed E-state index contributed by atoms with van der Waals surface area (Å²) in [7, 11) is 0. The minimum absolute atomic E-state index is 0.249. The van der Waals surface area contributed by atoms with Crippen LogP contribution in [0.25, 0.3) is 17.0 Å². The molecule has 1 N–H and O–H groups in total. The summed E-state index contributed by atoms with van der Waals surface area (Å²) in [6.07, 6.45) is 6.48. The second kappa shape index (κ2) is 7.93. The predicted octanol–water partition coefficient (Wildman–Crippen LogP) is 4.85. The van der Waals surface area contributed by atoms with Gasteiger partial charge >= 0.3 is 0 Å². The molecular formula is C22H20FN3O2. The summed E-state index contributed by atoms with van der Waals surface area (Å²) in [5, 5.41) is 10.1. The Labute approximate surface area is 162 Å². The van der Waals surface area contributed by atoms with E-state index in [1.807, 2.05) is 12.1 Å². The van der Waals surface area contributed by atoms with Crippen LogP contribution in [0.4, 0.5) is 4.39 Å². The molecule has 6 heteroatoms. The first-order chi connectivity index (χ1) is 13.7. The molecule has 2 atom stereocenters. The maximum Gasteiger partial charge on any atom is 0.158 e. The van der Waals surface area contributed by atoms with E-state index in [-0.39, 0.29) is 5.69 Å². The van der Waals surface area contributed by atoms with Crippen molar-refractivity contribution in [3.8, 4) is 6.07 Å². The van der Waals surface area contributed by atoms with Crippen LogP contribution in [-0.2, 0) is 9.47 Å². The van der Waals surface area contributed by atoms with Crippen LogP contribution in [-0.4, -0.2) is 22.9 Å². The van der Waals surface area contributed by atoms with Crippen LogP contribution in [0.15, 0.2) is 43.2 Å². The van der Waals surface area contributed by atoms with Gasteiger partial charge in [-0.3, -0.25) is 0 Å². The van der Waals surface area contributed by atoms with Crippen molar-refractivity contribution in [2.75, 3.05) is 6.61 Å². The van der Waals surface area contributed by atoms with Crippen molar-refractivity contribution in [1.29, 1.82) is 5.26 Å². The Balaban J connectivity index is 1.87. The van der Waals surface area contributed by atoms with Crippen LogP contribution in [0.3, 0.4) is 0 Å². The molecule has 1 aliphatic heterocycles. The number of rotatable bonds is 5. The highest BCUT2D eigenvalue weighted by molar-refractivity contribution is 5.90. The molecule has 1 fully saturated rings. The average molecular weight is 377 g/mol. The van der Waals surface area contributed by atoms with E-state index in [4.69, 9.17) is 9.47 Å². The van der Waals surface area contributed by atoms with Crippen LogP contribution in [0, 0.1) is 17.1 Å². The third-order valence-electron chi connectivity index (χ3n) is 4.98. The van der Waals surface area contributed by atoms with Crippen LogP contribution in [0.5, 0.6) is 0 Å². The van der Waals surface area contributed by atoms with Crippen molar-refractivity contribution in [2.45, 2.75) is 31.7 Å². The molecule has 0 radical (unpaired) electrons. The monoisotopic (exact) mass is 377 g/mol. The second-order valence-corrected chi connectivity index (χ2v) is 6.73. The lowest BCUT2D eigenvalue weighted by molar-refractivity contribution is -0.181. The minimum Gasteiger partial charge on any atom is -0.361 e. The molecule has 0 amide bonds. The van der Waals surface area contributed by atoms with E-state index in [9.17, 15) is 5.26 Å². The van der Waals surface area contributed by atoms with E-state index in [2.05, 4.69) is 16.5 Å². The fourth-order valence-corrected chi connectivity index (χ4v) is 3.66. The highest BCUT2D eigenvalue weighted by atomic mass is 19.1. The first kappa shape index (κ1) is 18.4. The van der Waals surface area contributed by atoms with Crippen molar-refractivity contribution < 1.29 is 13.9 Å². The predicted molar refractivity (Wildman–Crippen MR) is 104 cm³/mol. The number of hydrogen-bond acceptors (Lipinski definition) is 4. The number of fused-ring (bicyclic) bond motifs is 1. The Hall–Kier alpha value is -3.01. The Morgan fingerprint density at radius 1 is 1.39 bits per heavy atom. The number of nitrogens with zero attached hydrogens (tertiary/aromatic N) is 2. The first-order valence-electron chi connectivity index (χ1n) is 9.26. The van der Waals surface area contributed by atoms with Crippen molar-refractivity contribution in [2.24, 2.45) is 0 Å². The van der Waals surface area contributed by atoms with Crippen LogP contribution in [0.1, 0.15) is 47.8 Å². The zero-order valence-electron chi connectivity index (χ0n) is 15.3. The number of H-pyrrole nitrogens is 1. The van der Waals surface area contributed by atoms with E-state index >= 15 is 4.39 Å². The van der Waals surface area contributed by atoms with Gasteiger partial charge in [0.1, 0.15) is 23.7 Å². The Morgan fingerprint density at radius 2 is 2.29 bits per heavy atom. The van der Waals surface area contributed by atoms with Crippen molar-refractivity contribution in [3.05, 3.63) is 71.4 Å². The molecule has 28 heavy (non-hydrogen) atoms. The van der Waals surface area contributed by atoms with Crippen molar-refractivity contribution in [1.82, 2.24) is 9.97 Å². The van der Waals surface area contributed by atoms with E-state index in [0.717, 1.165) is 24.6 Å². The van der Waals surface area contributed by atoms with Gasteiger partial charge in [-0.05, 0) is 54.7 Å². The van der Waals surface area contributed by atoms with Gasteiger partial charge in [0.2, 0.25) is 0 Å². The maximum atomic E-state index is 15.2. The zero-order chi connectivity index (χ0) is 19.5. The lowest BCUT2D eigenvalue weighted by atomic mass is 9.93. The van der Waals surface area contributed by atoms with Gasteiger partial charge in [0, 0.05) is 35.5 Å². The summed E-state index contributed by atoms with van der Waals surface area (Å²) in [5.74, 6) is -0.402. The molecule has 0 bridgehead atoms. The Bertz CT molecular complexity index is 1050. The molecule has 1 saturated heterocycles. The molecule has 0 spiro atoms. The molecule has 3 heterocycles. The van der Waals surface area contributed by atoms with Gasteiger partial charge in [-0.2, -0.15) is 5.26 Å². The lowest BCUT2D eigenvalue weighted by Gasteiger charge is -2.29. The topological polar surface area (TPSA) is 70.9 Å². The van der Waals surface area contributed by atoms with Crippen molar-refractivity contribution >= 4 is 17.0 Å². The summed E-state index contributed by atoms with van der Waals surface area (Å²) >= 11 is 0. The van der Waals surface area contributed by atoms with Gasteiger partial charge in [-0.1, -0.05) is 12.7 Å². The number of aromatic nitrogens is 2. The fourth-order valence-electron chi connectivity index (χ4n) is 3.66. The highest BCUT2D eigenvalue weighted by Crippen LogP contribution is 2.37. The quantitative estimate of drug-likeness (QED) is 0.690. The lowest BCUT2D eigenvalue weighted by Crippen LogP contribution is -2.26. The van der Waals surface area contributed by atoms with Gasteiger partial charge in [-0.25, -0.2) is 9.37 Å². The van der Waals surface area contributed by atoms with E-state index < -0.39 is 18.2 Å². The molecule has 0 aliphatic carbocycles. The number of hydrogen-bond donors (Lipinski definition) is 1. The maximum absolute atomic E-state index is 15.2. The number of nitrogens with one attached hydrogen (secondary N) is 1. The average Bonchev–Trinajstić information content (AvgIpc) is 3.20. The zero-order valence-corrected chi connectivity index (χ0v) is 15.3. The van der Waals surface area contributed by atoms with Gasteiger partial charge < -0.3 is 14.5 Å². The molecule has 2 unspecified atom stereocenters. The number of aromatic amines is 1. The van der Waals surface area contributed by atoms with Gasteiger partial charge in [-0.15, -0.1) is 0 Å². The number of nitriles is 1. The summed E-state index contributed by atoms with van der Waals surface area (Å²) < 4.78 is 27.2. The molecule has 1 aliphatic rings. The second-order valence-electron chi connectivity index (χ2n) is 6.73. The van der Waals surface area contributed by atoms with E-state index in [1.165, 1.54) is 12.3 Å². The molecular weight excluding hydrogens is 357 g/mol. The van der Waals surface area contributed by atoms with Crippen molar-refractivity contribution in [3.63, 3.8) is 0 Å².